The lowest BCUT2D eigenvalue weighted by Crippen LogP contribution is -2.34. The molecule has 0 spiro atoms. The zero-order chi connectivity index (χ0) is 22.9. The first-order chi connectivity index (χ1) is 14.5. The van der Waals surface area contributed by atoms with Gasteiger partial charge in [-0.25, -0.2) is 8.78 Å². The van der Waals surface area contributed by atoms with Crippen LogP contribution >= 0.6 is 11.6 Å². The predicted molar refractivity (Wildman–Crippen MR) is 104 cm³/mol. The van der Waals surface area contributed by atoms with Crippen LogP contribution in [0.15, 0.2) is 18.5 Å². The quantitative estimate of drug-likeness (QED) is 0.421. The van der Waals surface area contributed by atoms with Crippen molar-refractivity contribution in [2.45, 2.75) is 19.1 Å². The SMILES string of the molecule is CC(Nc1c(-c2c(F)ccc(OCCN(C)C)c2F)c(Cl)nc2ncnn12)C(F)(F)F. The molecule has 0 aliphatic heterocycles. The summed E-state index contributed by atoms with van der Waals surface area (Å²) in [6.45, 7) is 1.39. The zero-order valence-electron chi connectivity index (χ0n) is 16.6. The fourth-order valence-electron chi connectivity index (χ4n) is 2.67. The average molecular weight is 465 g/mol. The first-order valence-corrected chi connectivity index (χ1v) is 9.37. The van der Waals surface area contributed by atoms with E-state index in [9.17, 15) is 17.6 Å². The molecular formula is C18H18ClF5N6O. The topological polar surface area (TPSA) is 67.6 Å². The highest BCUT2D eigenvalue weighted by Crippen LogP contribution is 2.40. The van der Waals surface area contributed by atoms with E-state index in [1.807, 2.05) is 0 Å². The van der Waals surface area contributed by atoms with Gasteiger partial charge in [0.15, 0.2) is 11.6 Å². The van der Waals surface area contributed by atoms with E-state index in [-0.39, 0.29) is 18.1 Å². The molecule has 0 aliphatic rings. The van der Waals surface area contributed by atoms with Crippen molar-refractivity contribution in [3.05, 3.63) is 35.2 Å². The number of fused-ring (bicyclic) bond motifs is 1. The number of halogens is 6. The molecule has 3 aromatic rings. The third-order valence-electron chi connectivity index (χ3n) is 4.33. The van der Waals surface area contributed by atoms with Gasteiger partial charge in [-0.15, -0.1) is 0 Å². The molecule has 0 amide bonds. The third-order valence-corrected chi connectivity index (χ3v) is 4.60. The number of likely N-dealkylation sites (N-methyl/N-ethyl adjacent to an activating group) is 1. The molecule has 0 fully saturated rings. The summed E-state index contributed by atoms with van der Waals surface area (Å²) in [5, 5.41) is 5.53. The second kappa shape index (κ2) is 8.79. The second-order valence-corrected chi connectivity index (χ2v) is 7.25. The van der Waals surface area contributed by atoms with Crippen LogP contribution in [0.4, 0.5) is 27.8 Å². The summed E-state index contributed by atoms with van der Waals surface area (Å²) in [7, 11) is 3.57. The van der Waals surface area contributed by atoms with E-state index in [1.165, 1.54) is 0 Å². The molecule has 2 aromatic heterocycles. The van der Waals surface area contributed by atoms with Gasteiger partial charge < -0.3 is 15.0 Å². The third kappa shape index (κ3) is 4.79. The number of ether oxygens (including phenoxy) is 1. The van der Waals surface area contributed by atoms with Gasteiger partial charge in [0.2, 0.25) is 0 Å². The van der Waals surface area contributed by atoms with Crippen molar-refractivity contribution in [1.29, 1.82) is 0 Å². The van der Waals surface area contributed by atoms with Crippen LogP contribution in [-0.4, -0.2) is 63.9 Å². The Morgan fingerprint density at radius 1 is 1.23 bits per heavy atom. The lowest BCUT2D eigenvalue weighted by Gasteiger charge is -2.22. The lowest BCUT2D eigenvalue weighted by molar-refractivity contribution is -0.138. The molecule has 0 radical (unpaired) electrons. The van der Waals surface area contributed by atoms with Gasteiger partial charge in [0, 0.05) is 6.54 Å². The smallest absolute Gasteiger partial charge is 0.408 e. The van der Waals surface area contributed by atoms with Crippen LogP contribution in [-0.2, 0) is 0 Å². The van der Waals surface area contributed by atoms with E-state index in [0.717, 1.165) is 29.9 Å². The minimum Gasteiger partial charge on any atom is -0.489 e. The zero-order valence-corrected chi connectivity index (χ0v) is 17.4. The van der Waals surface area contributed by atoms with Crippen LogP contribution in [0.1, 0.15) is 6.92 Å². The molecule has 13 heteroatoms. The van der Waals surface area contributed by atoms with Crippen LogP contribution in [0.25, 0.3) is 16.9 Å². The Bertz CT molecular complexity index is 1090. The van der Waals surface area contributed by atoms with Crippen molar-refractivity contribution in [2.24, 2.45) is 0 Å². The lowest BCUT2D eigenvalue weighted by atomic mass is 10.1. The number of rotatable bonds is 7. The van der Waals surface area contributed by atoms with E-state index < -0.39 is 46.0 Å². The van der Waals surface area contributed by atoms with Gasteiger partial charge in [-0.3, -0.25) is 0 Å². The summed E-state index contributed by atoms with van der Waals surface area (Å²) in [6.07, 6.45) is -3.63. The molecule has 0 saturated carbocycles. The summed E-state index contributed by atoms with van der Waals surface area (Å²) < 4.78 is 75.8. The van der Waals surface area contributed by atoms with Crippen LogP contribution < -0.4 is 10.1 Å². The van der Waals surface area contributed by atoms with Gasteiger partial charge in [0.1, 0.15) is 35.8 Å². The normalized spacial score (nSPS) is 13.1. The number of hydrogen-bond acceptors (Lipinski definition) is 6. The highest BCUT2D eigenvalue weighted by Gasteiger charge is 2.38. The van der Waals surface area contributed by atoms with Crippen molar-refractivity contribution in [3.63, 3.8) is 0 Å². The number of nitrogens with zero attached hydrogens (tertiary/aromatic N) is 5. The Hall–Kier alpha value is -2.73. The van der Waals surface area contributed by atoms with Gasteiger partial charge in [-0.2, -0.15) is 32.8 Å². The summed E-state index contributed by atoms with van der Waals surface area (Å²) in [6, 6.07) is -0.0740. The number of anilines is 1. The highest BCUT2D eigenvalue weighted by molar-refractivity contribution is 6.33. The monoisotopic (exact) mass is 464 g/mol. The summed E-state index contributed by atoms with van der Waals surface area (Å²) in [5.41, 5.74) is -1.14. The Labute approximate surface area is 178 Å². The molecular weight excluding hydrogens is 447 g/mol. The Kier molecular flexibility index (Phi) is 6.51. The number of alkyl halides is 3. The maximum atomic E-state index is 15.2. The largest absolute Gasteiger partial charge is 0.489 e. The molecule has 0 aliphatic carbocycles. The standard InChI is InChI=1S/C18H18ClF5N6O/c1-9(18(22,23)24)27-16-13(15(19)28-17-25-8-26-30(16)17)12-10(20)4-5-11(14(12)21)31-7-6-29(2)3/h4-5,8-9,27H,6-7H2,1-3H3. The Morgan fingerprint density at radius 3 is 2.58 bits per heavy atom. The molecule has 1 atom stereocenters. The van der Waals surface area contributed by atoms with Crippen molar-refractivity contribution in [3.8, 4) is 16.9 Å². The van der Waals surface area contributed by atoms with Crippen molar-refractivity contribution < 1.29 is 26.7 Å². The molecule has 168 valence electrons. The van der Waals surface area contributed by atoms with Gasteiger partial charge in [-0.1, -0.05) is 11.6 Å². The predicted octanol–water partition coefficient (Wildman–Crippen LogP) is 4.03. The van der Waals surface area contributed by atoms with E-state index >= 15 is 4.39 Å². The summed E-state index contributed by atoms with van der Waals surface area (Å²) in [4.78, 5) is 9.47. The van der Waals surface area contributed by atoms with Crippen molar-refractivity contribution in [2.75, 3.05) is 32.6 Å². The average Bonchev–Trinajstić information content (AvgIpc) is 3.12. The molecule has 31 heavy (non-hydrogen) atoms. The van der Waals surface area contributed by atoms with Crippen LogP contribution in [0.2, 0.25) is 5.15 Å². The first kappa shape index (κ1) is 22.9. The highest BCUT2D eigenvalue weighted by atomic mass is 35.5. The van der Waals surface area contributed by atoms with E-state index in [0.29, 0.717) is 6.54 Å². The fourth-order valence-corrected chi connectivity index (χ4v) is 2.93. The van der Waals surface area contributed by atoms with Crippen molar-refractivity contribution >= 4 is 23.2 Å². The van der Waals surface area contributed by atoms with E-state index in [2.05, 4.69) is 20.4 Å². The number of aromatic nitrogens is 4. The fraction of sp³-hybridized carbons (Fsp3) is 0.389. The van der Waals surface area contributed by atoms with E-state index in [4.69, 9.17) is 16.3 Å². The maximum absolute atomic E-state index is 15.2. The molecule has 0 saturated heterocycles. The van der Waals surface area contributed by atoms with Gasteiger partial charge >= 0.3 is 6.18 Å². The maximum Gasteiger partial charge on any atom is 0.408 e. The molecule has 1 N–H and O–H groups in total. The van der Waals surface area contributed by atoms with Crippen LogP contribution in [0.5, 0.6) is 5.75 Å². The number of hydrogen-bond donors (Lipinski definition) is 1. The Morgan fingerprint density at radius 2 is 1.94 bits per heavy atom. The number of benzene rings is 1. The Balaban J connectivity index is 2.18. The second-order valence-electron chi connectivity index (χ2n) is 6.89. The number of nitrogens with one attached hydrogen (secondary N) is 1. The van der Waals surface area contributed by atoms with Gasteiger partial charge in [0.25, 0.3) is 5.78 Å². The minimum atomic E-state index is -4.66. The van der Waals surface area contributed by atoms with Crippen LogP contribution in [0, 0.1) is 11.6 Å². The first-order valence-electron chi connectivity index (χ1n) is 8.99. The molecule has 0 bridgehead atoms. The molecule has 7 nitrogen and oxygen atoms in total. The van der Waals surface area contributed by atoms with Crippen LogP contribution in [0.3, 0.4) is 0 Å². The van der Waals surface area contributed by atoms with Crippen molar-refractivity contribution in [1.82, 2.24) is 24.5 Å². The molecule has 3 rings (SSSR count). The minimum absolute atomic E-state index is 0.0965. The van der Waals surface area contributed by atoms with Gasteiger partial charge in [-0.05, 0) is 33.2 Å². The van der Waals surface area contributed by atoms with E-state index in [1.54, 1.807) is 19.0 Å². The molecule has 1 unspecified atom stereocenters. The summed E-state index contributed by atoms with van der Waals surface area (Å²) >= 11 is 6.15. The molecule has 1 aromatic carbocycles. The molecule has 2 heterocycles. The summed E-state index contributed by atoms with van der Waals surface area (Å²) in [5.74, 6) is -3.05. The van der Waals surface area contributed by atoms with Gasteiger partial charge in [0.05, 0.1) is 11.1 Å².